The minimum absolute atomic E-state index is 0.0846. The average molecular weight is 415 g/mol. The number of hydrogen-bond donors (Lipinski definition) is 2. The SMILES string of the molecule is Cn1c(=O)[nH]c(=O)c2c1nc(N1CCN(CC(N)=O)CC1)n2Cc1ccccc1F. The van der Waals surface area contributed by atoms with Gasteiger partial charge in [-0.05, 0) is 6.07 Å². The lowest BCUT2D eigenvalue weighted by Gasteiger charge is -2.34. The molecule has 0 unspecified atom stereocenters. The highest BCUT2D eigenvalue weighted by Gasteiger charge is 2.25. The molecule has 2 aromatic heterocycles. The molecular formula is C19H22FN7O3. The molecule has 4 rings (SSSR count). The van der Waals surface area contributed by atoms with Crippen molar-refractivity contribution >= 4 is 23.0 Å². The summed E-state index contributed by atoms with van der Waals surface area (Å²) in [5.74, 6) is -0.312. The number of amides is 1. The molecule has 0 atom stereocenters. The van der Waals surface area contributed by atoms with E-state index in [-0.39, 0.29) is 24.3 Å². The number of carbonyl (C=O) groups excluding carboxylic acids is 1. The van der Waals surface area contributed by atoms with Crippen molar-refractivity contribution in [2.24, 2.45) is 12.8 Å². The number of halogens is 1. The Hall–Kier alpha value is -3.47. The Kier molecular flexibility index (Phi) is 5.12. The Labute approximate surface area is 170 Å². The molecule has 0 spiro atoms. The second-order valence-corrected chi connectivity index (χ2v) is 7.31. The first-order valence-corrected chi connectivity index (χ1v) is 9.53. The first kappa shape index (κ1) is 19.8. The van der Waals surface area contributed by atoms with Crippen LogP contribution in [0.4, 0.5) is 10.3 Å². The number of carbonyl (C=O) groups is 1. The summed E-state index contributed by atoms with van der Waals surface area (Å²) in [6, 6.07) is 6.32. The molecule has 3 aromatic rings. The highest BCUT2D eigenvalue weighted by Crippen LogP contribution is 2.23. The van der Waals surface area contributed by atoms with Crippen LogP contribution < -0.4 is 21.9 Å². The van der Waals surface area contributed by atoms with Gasteiger partial charge >= 0.3 is 5.69 Å². The van der Waals surface area contributed by atoms with Crippen LogP contribution in [0, 0.1) is 5.82 Å². The normalized spacial score (nSPS) is 15.1. The van der Waals surface area contributed by atoms with Gasteiger partial charge in [0.15, 0.2) is 11.2 Å². The number of nitrogens with two attached hydrogens (primary N) is 1. The third kappa shape index (κ3) is 3.59. The topological polar surface area (TPSA) is 122 Å². The molecule has 1 aliphatic rings. The lowest BCUT2D eigenvalue weighted by molar-refractivity contribution is -0.119. The van der Waals surface area contributed by atoms with E-state index in [2.05, 4.69) is 9.97 Å². The largest absolute Gasteiger partial charge is 0.369 e. The smallest absolute Gasteiger partial charge is 0.329 e. The van der Waals surface area contributed by atoms with E-state index in [0.717, 1.165) is 0 Å². The lowest BCUT2D eigenvalue weighted by Crippen LogP contribution is -2.49. The fourth-order valence-corrected chi connectivity index (χ4v) is 3.74. The first-order valence-electron chi connectivity index (χ1n) is 9.53. The summed E-state index contributed by atoms with van der Waals surface area (Å²) in [4.78, 5) is 46.6. The number of hydrogen-bond acceptors (Lipinski definition) is 6. The Morgan fingerprint density at radius 1 is 1.20 bits per heavy atom. The quantitative estimate of drug-likeness (QED) is 0.564. The summed E-state index contributed by atoms with van der Waals surface area (Å²) in [6.07, 6.45) is 0. The van der Waals surface area contributed by atoms with Gasteiger partial charge in [0.2, 0.25) is 11.9 Å². The molecule has 30 heavy (non-hydrogen) atoms. The van der Waals surface area contributed by atoms with Gasteiger partial charge in [0.25, 0.3) is 5.56 Å². The van der Waals surface area contributed by atoms with Crippen molar-refractivity contribution in [2.45, 2.75) is 6.54 Å². The third-order valence-electron chi connectivity index (χ3n) is 5.31. The summed E-state index contributed by atoms with van der Waals surface area (Å²) < 4.78 is 17.2. The molecule has 1 aliphatic heterocycles. The van der Waals surface area contributed by atoms with Crippen molar-refractivity contribution in [3.63, 3.8) is 0 Å². The maximum absolute atomic E-state index is 14.3. The highest BCUT2D eigenvalue weighted by atomic mass is 19.1. The zero-order chi connectivity index (χ0) is 21.4. The van der Waals surface area contributed by atoms with E-state index in [1.54, 1.807) is 22.8 Å². The second-order valence-electron chi connectivity index (χ2n) is 7.31. The van der Waals surface area contributed by atoms with Gasteiger partial charge in [-0.15, -0.1) is 0 Å². The van der Waals surface area contributed by atoms with E-state index >= 15 is 0 Å². The molecule has 1 fully saturated rings. The number of aromatic nitrogens is 4. The van der Waals surface area contributed by atoms with Crippen molar-refractivity contribution < 1.29 is 9.18 Å². The Morgan fingerprint density at radius 3 is 2.57 bits per heavy atom. The standard InChI is InChI=1S/C19H22FN7O3/c1-24-16-15(17(29)23-19(24)30)27(10-12-4-2-3-5-13(12)20)18(22-16)26-8-6-25(7-9-26)11-14(21)28/h2-5H,6-11H2,1H3,(H2,21,28)(H,23,29,30). The number of piperazine rings is 1. The predicted octanol–water partition coefficient (Wildman–Crippen LogP) is -0.782. The molecule has 0 bridgehead atoms. The van der Waals surface area contributed by atoms with Crippen molar-refractivity contribution in [1.29, 1.82) is 0 Å². The van der Waals surface area contributed by atoms with Crippen LogP contribution in [-0.2, 0) is 18.4 Å². The zero-order valence-electron chi connectivity index (χ0n) is 16.5. The summed E-state index contributed by atoms with van der Waals surface area (Å²) in [7, 11) is 1.52. The van der Waals surface area contributed by atoms with E-state index in [0.29, 0.717) is 37.7 Å². The number of rotatable bonds is 5. The number of fused-ring (bicyclic) bond motifs is 1. The molecule has 1 amide bonds. The highest BCUT2D eigenvalue weighted by molar-refractivity contribution is 5.76. The maximum Gasteiger partial charge on any atom is 0.329 e. The minimum Gasteiger partial charge on any atom is -0.369 e. The van der Waals surface area contributed by atoms with Crippen LogP contribution in [0.2, 0.25) is 0 Å². The van der Waals surface area contributed by atoms with Crippen LogP contribution in [0.1, 0.15) is 5.56 Å². The minimum atomic E-state index is -0.574. The van der Waals surface area contributed by atoms with Gasteiger partial charge in [-0.1, -0.05) is 18.2 Å². The van der Waals surface area contributed by atoms with Crippen LogP contribution in [-0.4, -0.2) is 62.6 Å². The van der Waals surface area contributed by atoms with Crippen molar-refractivity contribution in [3.8, 4) is 0 Å². The Bertz CT molecular complexity index is 1220. The molecule has 0 radical (unpaired) electrons. The van der Waals surface area contributed by atoms with Gasteiger partial charge in [0.1, 0.15) is 5.82 Å². The van der Waals surface area contributed by atoms with Crippen LogP contribution in [0.3, 0.4) is 0 Å². The third-order valence-corrected chi connectivity index (χ3v) is 5.31. The monoisotopic (exact) mass is 415 g/mol. The molecule has 158 valence electrons. The number of primary amides is 1. The average Bonchev–Trinajstić information content (AvgIpc) is 3.08. The van der Waals surface area contributed by atoms with E-state index in [1.165, 1.54) is 17.7 Å². The molecule has 0 aliphatic carbocycles. The van der Waals surface area contributed by atoms with Crippen molar-refractivity contribution in [1.82, 2.24) is 24.0 Å². The second kappa shape index (κ2) is 7.75. The van der Waals surface area contributed by atoms with Crippen molar-refractivity contribution in [3.05, 3.63) is 56.5 Å². The van der Waals surface area contributed by atoms with E-state index < -0.39 is 23.0 Å². The lowest BCUT2D eigenvalue weighted by atomic mass is 10.2. The van der Waals surface area contributed by atoms with Crippen LogP contribution in [0.15, 0.2) is 33.9 Å². The molecule has 0 saturated carbocycles. The van der Waals surface area contributed by atoms with E-state index in [4.69, 9.17) is 5.73 Å². The number of imidazole rings is 1. The van der Waals surface area contributed by atoms with Crippen LogP contribution in [0.25, 0.3) is 11.2 Å². The van der Waals surface area contributed by atoms with E-state index in [1.807, 2.05) is 9.80 Å². The number of anilines is 1. The van der Waals surface area contributed by atoms with Crippen LogP contribution in [0.5, 0.6) is 0 Å². The molecule has 11 heteroatoms. The zero-order valence-corrected chi connectivity index (χ0v) is 16.5. The van der Waals surface area contributed by atoms with Gasteiger partial charge in [0.05, 0.1) is 13.1 Å². The molecular weight excluding hydrogens is 393 g/mol. The molecule has 3 N–H and O–H groups in total. The number of nitrogens with one attached hydrogen (secondary N) is 1. The summed E-state index contributed by atoms with van der Waals surface area (Å²) >= 11 is 0. The number of aryl methyl sites for hydroxylation is 1. The first-order chi connectivity index (χ1) is 14.3. The number of aromatic amines is 1. The maximum atomic E-state index is 14.3. The summed E-state index contributed by atoms with van der Waals surface area (Å²) in [6.45, 7) is 2.51. The summed E-state index contributed by atoms with van der Waals surface area (Å²) in [5.41, 5.74) is 4.97. The van der Waals surface area contributed by atoms with Gasteiger partial charge in [-0.3, -0.25) is 28.6 Å². The molecule has 1 aromatic carbocycles. The predicted molar refractivity (Wildman–Crippen MR) is 109 cm³/mol. The Balaban J connectivity index is 1.79. The number of H-pyrrole nitrogens is 1. The molecule has 3 heterocycles. The summed E-state index contributed by atoms with van der Waals surface area (Å²) in [5, 5.41) is 0. The van der Waals surface area contributed by atoms with Gasteiger partial charge in [-0.2, -0.15) is 4.98 Å². The number of benzene rings is 1. The molecule has 10 nitrogen and oxygen atoms in total. The number of nitrogens with zero attached hydrogens (tertiary/aromatic N) is 5. The van der Waals surface area contributed by atoms with Gasteiger partial charge in [-0.25, -0.2) is 9.18 Å². The van der Waals surface area contributed by atoms with E-state index in [9.17, 15) is 18.8 Å². The van der Waals surface area contributed by atoms with Gasteiger partial charge < -0.3 is 10.6 Å². The Morgan fingerprint density at radius 2 is 1.90 bits per heavy atom. The fraction of sp³-hybridized carbons (Fsp3) is 0.368. The van der Waals surface area contributed by atoms with Crippen LogP contribution >= 0.6 is 0 Å². The van der Waals surface area contributed by atoms with Crippen molar-refractivity contribution in [2.75, 3.05) is 37.6 Å². The van der Waals surface area contributed by atoms with Gasteiger partial charge in [0, 0.05) is 38.8 Å². The molecule has 1 saturated heterocycles. The fourth-order valence-electron chi connectivity index (χ4n) is 3.74.